The van der Waals surface area contributed by atoms with Crippen LogP contribution >= 0.6 is 0 Å². The van der Waals surface area contributed by atoms with Crippen LogP contribution in [0.4, 0.5) is 11.4 Å². The second-order valence-electron chi connectivity index (χ2n) is 6.53. The second kappa shape index (κ2) is 8.95. The van der Waals surface area contributed by atoms with Gasteiger partial charge in [0.2, 0.25) is 0 Å². The second-order valence-corrected chi connectivity index (χ2v) is 6.53. The van der Waals surface area contributed by atoms with Gasteiger partial charge in [-0.3, -0.25) is 4.79 Å². The van der Waals surface area contributed by atoms with Gasteiger partial charge < -0.3 is 19.7 Å². The molecule has 5 heteroatoms. The Bertz CT molecular complexity index is 922. The molecule has 0 atom stereocenters. The fraction of sp³-hybridized carbons (Fsp3) is 0.174. The number of rotatable bonds is 7. The third-order valence-electron chi connectivity index (χ3n) is 4.24. The van der Waals surface area contributed by atoms with Crippen molar-refractivity contribution in [3.8, 4) is 11.5 Å². The Morgan fingerprint density at radius 3 is 2.25 bits per heavy atom. The predicted molar refractivity (Wildman–Crippen MR) is 112 cm³/mol. The highest BCUT2D eigenvalue weighted by atomic mass is 16.5. The Morgan fingerprint density at radius 1 is 0.929 bits per heavy atom. The van der Waals surface area contributed by atoms with Gasteiger partial charge in [0.15, 0.2) is 0 Å². The summed E-state index contributed by atoms with van der Waals surface area (Å²) in [6.07, 6.45) is 0. The molecule has 3 aromatic carbocycles. The SMILES string of the molecule is COc1ccc(Nc2ccc(OCc3ccccc3)cc2)c(C(=O)N(C)C)c1. The first-order valence-electron chi connectivity index (χ1n) is 9.00. The maximum atomic E-state index is 12.5. The van der Waals surface area contributed by atoms with Gasteiger partial charge >= 0.3 is 0 Å². The summed E-state index contributed by atoms with van der Waals surface area (Å²) in [6, 6.07) is 23.1. The van der Waals surface area contributed by atoms with Crippen LogP contribution in [-0.2, 0) is 6.61 Å². The molecular weight excluding hydrogens is 352 g/mol. The molecule has 0 saturated carbocycles. The number of amides is 1. The van der Waals surface area contributed by atoms with Crippen molar-refractivity contribution in [2.75, 3.05) is 26.5 Å². The van der Waals surface area contributed by atoms with Crippen LogP contribution in [-0.4, -0.2) is 32.0 Å². The smallest absolute Gasteiger partial charge is 0.255 e. The predicted octanol–water partition coefficient (Wildman–Crippen LogP) is 4.72. The number of hydrogen-bond donors (Lipinski definition) is 1. The summed E-state index contributed by atoms with van der Waals surface area (Å²) < 4.78 is 11.1. The first kappa shape index (κ1) is 19.3. The minimum absolute atomic E-state index is 0.0933. The van der Waals surface area contributed by atoms with Crippen LogP contribution < -0.4 is 14.8 Å². The van der Waals surface area contributed by atoms with Gasteiger partial charge in [-0.15, -0.1) is 0 Å². The van der Waals surface area contributed by atoms with E-state index in [0.29, 0.717) is 17.9 Å². The van der Waals surface area contributed by atoms with Crippen LogP contribution in [0.3, 0.4) is 0 Å². The van der Waals surface area contributed by atoms with Crippen LogP contribution in [0.5, 0.6) is 11.5 Å². The molecule has 0 aromatic heterocycles. The van der Waals surface area contributed by atoms with E-state index in [4.69, 9.17) is 9.47 Å². The molecule has 1 N–H and O–H groups in total. The summed E-state index contributed by atoms with van der Waals surface area (Å²) in [5, 5.41) is 3.30. The number of carbonyl (C=O) groups is 1. The van der Waals surface area contributed by atoms with Crippen molar-refractivity contribution in [1.29, 1.82) is 0 Å². The van der Waals surface area contributed by atoms with E-state index in [1.54, 1.807) is 32.2 Å². The first-order chi connectivity index (χ1) is 13.6. The lowest BCUT2D eigenvalue weighted by molar-refractivity contribution is 0.0828. The van der Waals surface area contributed by atoms with E-state index < -0.39 is 0 Å². The highest BCUT2D eigenvalue weighted by Gasteiger charge is 2.15. The van der Waals surface area contributed by atoms with Crippen molar-refractivity contribution >= 4 is 17.3 Å². The number of benzene rings is 3. The van der Waals surface area contributed by atoms with E-state index in [1.165, 1.54) is 0 Å². The van der Waals surface area contributed by atoms with Crippen molar-refractivity contribution < 1.29 is 14.3 Å². The van der Waals surface area contributed by atoms with E-state index in [0.717, 1.165) is 22.7 Å². The average Bonchev–Trinajstić information content (AvgIpc) is 2.73. The van der Waals surface area contributed by atoms with Gasteiger partial charge in [-0.25, -0.2) is 0 Å². The number of anilines is 2. The Morgan fingerprint density at radius 2 is 1.61 bits per heavy atom. The molecule has 0 spiro atoms. The van der Waals surface area contributed by atoms with Crippen molar-refractivity contribution in [1.82, 2.24) is 4.90 Å². The number of methoxy groups -OCH3 is 1. The summed E-state index contributed by atoms with van der Waals surface area (Å²) in [7, 11) is 5.04. The third-order valence-corrected chi connectivity index (χ3v) is 4.24. The van der Waals surface area contributed by atoms with Gasteiger partial charge in [-0.2, -0.15) is 0 Å². The molecule has 0 unspecified atom stereocenters. The van der Waals surface area contributed by atoms with Crippen LogP contribution in [0.15, 0.2) is 72.8 Å². The van der Waals surface area contributed by atoms with Crippen molar-refractivity contribution in [3.05, 3.63) is 83.9 Å². The Kier molecular flexibility index (Phi) is 6.17. The Labute approximate surface area is 165 Å². The van der Waals surface area contributed by atoms with E-state index in [1.807, 2.05) is 66.7 Å². The van der Waals surface area contributed by atoms with Crippen LogP contribution in [0, 0.1) is 0 Å². The molecule has 5 nitrogen and oxygen atoms in total. The minimum atomic E-state index is -0.0933. The first-order valence-corrected chi connectivity index (χ1v) is 9.00. The molecular formula is C23H24N2O3. The molecule has 0 fully saturated rings. The minimum Gasteiger partial charge on any atom is -0.497 e. The molecule has 144 valence electrons. The topological polar surface area (TPSA) is 50.8 Å². The van der Waals surface area contributed by atoms with Gasteiger partial charge in [-0.05, 0) is 48.0 Å². The number of carbonyl (C=O) groups excluding carboxylic acids is 1. The zero-order valence-electron chi connectivity index (χ0n) is 16.3. The molecule has 1 amide bonds. The van der Waals surface area contributed by atoms with Gasteiger partial charge in [0, 0.05) is 19.8 Å². The standard InChI is InChI=1S/C23H24N2O3/c1-25(2)23(26)21-15-20(27-3)13-14-22(21)24-18-9-11-19(12-10-18)28-16-17-7-5-4-6-8-17/h4-15,24H,16H2,1-3H3. The molecule has 28 heavy (non-hydrogen) atoms. The quantitative estimate of drug-likeness (QED) is 0.648. The van der Waals surface area contributed by atoms with Gasteiger partial charge in [0.25, 0.3) is 5.91 Å². The lowest BCUT2D eigenvalue weighted by atomic mass is 10.1. The highest BCUT2D eigenvalue weighted by Crippen LogP contribution is 2.27. The molecule has 0 bridgehead atoms. The fourth-order valence-electron chi connectivity index (χ4n) is 2.71. The summed E-state index contributed by atoms with van der Waals surface area (Å²) in [4.78, 5) is 14.1. The van der Waals surface area contributed by atoms with E-state index in [-0.39, 0.29) is 5.91 Å². The normalized spacial score (nSPS) is 10.2. The van der Waals surface area contributed by atoms with Crippen molar-refractivity contribution in [2.45, 2.75) is 6.61 Å². The Balaban J connectivity index is 1.72. The summed E-state index contributed by atoms with van der Waals surface area (Å²) in [5.41, 5.74) is 3.26. The fourth-order valence-corrected chi connectivity index (χ4v) is 2.71. The van der Waals surface area contributed by atoms with Gasteiger partial charge in [0.1, 0.15) is 18.1 Å². The van der Waals surface area contributed by atoms with Gasteiger partial charge in [-0.1, -0.05) is 30.3 Å². The number of nitrogens with one attached hydrogen (secondary N) is 1. The largest absolute Gasteiger partial charge is 0.497 e. The molecule has 0 aliphatic carbocycles. The zero-order chi connectivity index (χ0) is 19.9. The van der Waals surface area contributed by atoms with Crippen LogP contribution in [0.1, 0.15) is 15.9 Å². The van der Waals surface area contributed by atoms with Crippen LogP contribution in [0.2, 0.25) is 0 Å². The van der Waals surface area contributed by atoms with Crippen molar-refractivity contribution in [2.24, 2.45) is 0 Å². The molecule has 0 heterocycles. The summed E-state index contributed by atoms with van der Waals surface area (Å²) >= 11 is 0. The van der Waals surface area contributed by atoms with Crippen molar-refractivity contribution in [3.63, 3.8) is 0 Å². The lowest BCUT2D eigenvalue weighted by Crippen LogP contribution is -2.22. The van der Waals surface area contributed by atoms with E-state index in [9.17, 15) is 4.79 Å². The zero-order valence-corrected chi connectivity index (χ0v) is 16.3. The lowest BCUT2D eigenvalue weighted by Gasteiger charge is -2.16. The summed E-state index contributed by atoms with van der Waals surface area (Å²) in [6.45, 7) is 0.521. The molecule has 0 radical (unpaired) electrons. The number of nitrogens with zero attached hydrogens (tertiary/aromatic N) is 1. The van der Waals surface area contributed by atoms with E-state index in [2.05, 4.69) is 5.32 Å². The van der Waals surface area contributed by atoms with E-state index >= 15 is 0 Å². The maximum absolute atomic E-state index is 12.5. The number of ether oxygens (including phenoxy) is 2. The third kappa shape index (κ3) is 4.82. The average molecular weight is 376 g/mol. The van der Waals surface area contributed by atoms with Crippen LogP contribution in [0.25, 0.3) is 0 Å². The number of hydrogen-bond acceptors (Lipinski definition) is 4. The highest BCUT2D eigenvalue weighted by molar-refractivity contribution is 6.00. The molecule has 3 rings (SSSR count). The molecule has 0 saturated heterocycles. The molecule has 3 aromatic rings. The van der Waals surface area contributed by atoms with Gasteiger partial charge in [0.05, 0.1) is 18.4 Å². The monoisotopic (exact) mass is 376 g/mol. The molecule has 0 aliphatic rings. The maximum Gasteiger partial charge on any atom is 0.255 e. The summed E-state index contributed by atoms with van der Waals surface area (Å²) in [5.74, 6) is 1.33. The Hall–Kier alpha value is -3.47. The molecule has 0 aliphatic heterocycles.